The number of hydrogen-bond donors (Lipinski definition) is 2. The van der Waals surface area contributed by atoms with Crippen LogP contribution in [0, 0.1) is 0 Å². The summed E-state index contributed by atoms with van der Waals surface area (Å²) in [6.45, 7) is 0.228. The van der Waals surface area contributed by atoms with Crippen LogP contribution in [-0.4, -0.2) is 30.8 Å². The molecule has 0 radical (unpaired) electrons. The molecule has 0 aliphatic carbocycles. The van der Waals surface area contributed by atoms with Crippen LogP contribution in [-0.2, 0) is 13.6 Å². The van der Waals surface area contributed by atoms with E-state index in [2.05, 4.69) is 20.5 Å². The molecular weight excluding hydrogens is 222 g/mol. The highest BCUT2D eigenvalue weighted by molar-refractivity contribution is 5.94. The number of nitrogens with zero attached hydrogens (tertiary/aromatic N) is 4. The number of carbonyl (C=O) groups is 1. The van der Waals surface area contributed by atoms with Gasteiger partial charge in [-0.3, -0.25) is 4.79 Å². The van der Waals surface area contributed by atoms with E-state index in [1.807, 2.05) is 0 Å². The zero-order valence-corrected chi connectivity index (χ0v) is 9.16. The predicted molar refractivity (Wildman–Crippen MR) is 58.1 cm³/mol. The summed E-state index contributed by atoms with van der Waals surface area (Å²) in [4.78, 5) is 15.5. The van der Waals surface area contributed by atoms with Gasteiger partial charge in [0.05, 0.1) is 6.54 Å². The first kappa shape index (κ1) is 11.1. The van der Waals surface area contributed by atoms with Gasteiger partial charge in [0.15, 0.2) is 11.5 Å². The second-order valence-electron chi connectivity index (χ2n) is 3.41. The molecule has 2 heterocycles. The van der Waals surface area contributed by atoms with Gasteiger partial charge in [-0.1, -0.05) is 0 Å². The van der Waals surface area contributed by atoms with Gasteiger partial charge in [0.25, 0.3) is 5.91 Å². The maximum atomic E-state index is 11.7. The van der Waals surface area contributed by atoms with Crippen molar-refractivity contribution >= 4 is 5.91 Å². The quantitative estimate of drug-likeness (QED) is 0.768. The lowest BCUT2D eigenvalue weighted by Gasteiger charge is -2.05. The average Bonchev–Trinajstić information content (AvgIpc) is 2.72. The van der Waals surface area contributed by atoms with Crippen molar-refractivity contribution in [1.29, 1.82) is 0 Å². The van der Waals surface area contributed by atoms with Crippen LogP contribution in [0.25, 0.3) is 0 Å². The van der Waals surface area contributed by atoms with Crippen LogP contribution >= 0.6 is 0 Å². The first-order valence-electron chi connectivity index (χ1n) is 4.93. The standard InChI is InChI=1S/C10H11N5O2/c1-15-6-13-14-8(15)5-12-10(17)9-7(16)3-2-4-11-9/h2-4,6,16H,5H2,1H3,(H,12,17). The van der Waals surface area contributed by atoms with Crippen LogP contribution in [0.2, 0.25) is 0 Å². The number of aromatic nitrogens is 4. The minimum absolute atomic E-state index is 0.00494. The van der Waals surface area contributed by atoms with E-state index in [9.17, 15) is 9.90 Å². The molecule has 0 spiro atoms. The van der Waals surface area contributed by atoms with Crippen LogP contribution in [0.3, 0.4) is 0 Å². The van der Waals surface area contributed by atoms with Gasteiger partial charge >= 0.3 is 0 Å². The molecule has 2 rings (SSSR count). The van der Waals surface area contributed by atoms with Crippen LogP contribution in [0.4, 0.5) is 0 Å². The van der Waals surface area contributed by atoms with Crippen molar-refractivity contribution in [2.45, 2.75) is 6.54 Å². The average molecular weight is 233 g/mol. The molecule has 0 aliphatic rings. The lowest BCUT2D eigenvalue weighted by Crippen LogP contribution is -2.25. The van der Waals surface area contributed by atoms with E-state index in [0.29, 0.717) is 5.82 Å². The third-order valence-electron chi connectivity index (χ3n) is 2.21. The number of nitrogens with one attached hydrogen (secondary N) is 1. The Morgan fingerprint density at radius 1 is 1.59 bits per heavy atom. The second-order valence-corrected chi connectivity index (χ2v) is 3.41. The number of rotatable bonds is 3. The summed E-state index contributed by atoms with van der Waals surface area (Å²) in [7, 11) is 1.78. The molecule has 7 heteroatoms. The fourth-order valence-corrected chi connectivity index (χ4v) is 1.28. The van der Waals surface area contributed by atoms with Crippen molar-refractivity contribution in [1.82, 2.24) is 25.1 Å². The number of amides is 1. The predicted octanol–water partition coefficient (Wildman–Crippen LogP) is -0.154. The van der Waals surface area contributed by atoms with Gasteiger partial charge in [-0.2, -0.15) is 0 Å². The second kappa shape index (κ2) is 4.60. The van der Waals surface area contributed by atoms with Crippen molar-refractivity contribution in [3.8, 4) is 5.75 Å². The Balaban J connectivity index is 2.04. The number of carbonyl (C=O) groups excluding carboxylic acids is 1. The van der Waals surface area contributed by atoms with Crippen molar-refractivity contribution in [2.24, 2.45) is 7.05 Å². The number of aryl methyl sites for hydroxylation is 1. The SMILES string of the molecule is Cn1cnnc1CNC(=O)c1ncccc1O. The van der Waals surface area contributed by atoms with E-state index >= 15 is 0 Å². The smallest absolute Gasteiger partial charge is 0.274 e. The Kier molecular flexibility index (Phi) is 2.99. The maximum absolute atomic E-state index is 11.7. The molecule has 0 bridgehead atoms. The lowest BCUT2D eigenvalue weighted by atomic mass is 10.3. The molecule has 1 amide bonds. The van der Waals surface area contributed by atoms with E-state index in [0.717, 1.165) is 0 Å². The molecule has 0 atom stereocenters. The summed E-state index contributed by atoms with van der Waals surface area (Å²) in [5.41, 5.74) is -0.00494. The van der Waals surface area contributed by atoms with Gasteiger partial charge < -0.3 is 15.0 Å². The fourth-order valence-electron chi connectivity index (χ4n) is 1.28. The Labute approximate surface area is 97.1 Å². The Morgan fingerprint density at radius 2 is 2.41 bits per heavy atom. The molecule has 0 saturated heterocycles. The zero-order chi connectivity index (χ0) is 12.3. The maximum Gasteiger partial charge on any atom is 0.274 e. The highest BCUT2D eigenvalue weighted by Crippen LogP contribution is 2.11. The fraction of sp³-hybridized carbons (Fsp3) is 0.200. The number of aromatic hydroxyl groups is 1. The minimum atomic E-state index is -0.453. The van der Waals surface area contributed by atoms with Crippen LogP contribution in [0.1, 0.15) is 16.3 Å². The summed E-state index contributed by atoms with van der Waals surface area (Å²) >= 11 is 0. The van der Waals surface area contributed by atoms with Gasteiger partial charge in [0, 0.05) is 13.2 Å². The van der Waals surface area contributed by atoms with Crippen LogP contribution in [0.5, 0.6) is 5.75 Å². The molecular formula is C10H11N5O2. The molecule has 2 N–H and O–H groups in total. The van der Waals surface area contributed by atoms with E-state index in [-0.39, 0.29) is 18.0 Å². The third kappa shape index (κ3) is 2.39. The van der Waals surface area contributed by atoms with Gasteiger partial charge in [-0.15, -0.1) is 10.2 Å². The highest BCUT2D eigenvalue weighted by Gasteiger charge is 2.12. The molecule has 0 unspecified atom stereocenters. The van der Waals surface area contributed by atoms with E-state index in [1.54, 1.807) is 24.0 Å². The normalized spacial score (nSPS) is 10.2. The summed E-state index contributed by atoms with van der Waals surface area (Å²) < 4.78 is 1.69. The van der Waals surface area contributed by atoms with E-state index < -0.39 is 5.91 Å². The summed E-state index contributed by atoms with van der Waals surface area (Å²) in [5, 5.41) is 19.5. The van der Waals surface area contributed by atoms with Gasteiger partial charge in [0.2, 0.25) is 0 Å². The Morgan fingerprint density at radius 3 is 3.06 bits per heavy atom. The highest BCUT2D eigenvalue weighted by atomic mass is 16.3. The lowest BCUT2D eigenvalue weighted by molar-refractivity contribution is 0.0941. The first-order valence-corrected chi connectivity index (χ1v) is 4.93. The van der Waals surface area contributed by atoms with Crippen molar-refractivity contribution < 1.29 is 9.90 Å². The third-order valence-corrected chi connectivity index (χ3v) is 2.21. The van der Waals surface area contributed by atoms with Crippen molar-refractivity contribution in [3.05, 3.63) is 36.2 Å². The van der Waals surface area contributed by atoms with Gasteiger partial charge in [0.1, 0.15) is 12.1 Å². The molecule has 17 heavy (non-hydrogen) atoms. The van der Waals surface area contributed by atoms with E-state index in [4.69, 9.17) is 0 Å². The molecule has 0 saturated carbocycles. The molecule has 2 aromatic rings. The first-order chi connectivity index (χ1) is 8.18. The summed E-state index contributed by atoms with van der Waals surface area (Å²) in [6, 6.07) is 2.96. The summed E-state index contributed by atoms with van der Waals surface area (Å²) in [5.74, 6) is 0.0165. The molecule has 0 aromatic carbocycles. The Hall–Kier alpha value is -2.44. The molecule has 2 aromatic heterocycles. The topological polar surface area (TPSA) is 92.9 Å². The van der Waals surface area contributed by atoms with Gasteiger partial charge in [-0.25, -0.2) is 4.98 Å². The van der Waals surface area contributed by atoms with Crippen LogP contribution < -0.4 is 5.32 Å². The molecule has 0 fully saturated rings. The summed E-state index contributed by atoms with van der Waals surface area (Å²) in [6.07, 6.45) is 2.98. The minimum Gasteiger partial charge on any atom is -0.505 e. The molecule has 7 nitrogen and oxygen atoms in total. The number of hydrogen-bond acceptors (Lipinski definition) is 5. The van der Waals surface area contributed by atoms with Gasteiger partial charge in [-0.05, 0) is 12.1 Å². The van der Waals surface area contributed by atoms with Crippen molar-refractivity contribution in [3.63, 3.8) is 0 Å². The zero-order valence-electron chi connectivity index (χ0n) is 9.16. The monoisotopic (exact) mass is 233 g/mol. The van der Waals surface area contributed by atoms with Crippen LogP contribution in [0.15, 0.2) is 24.7 Å². The number of pyridine rings is 1. The van der Waals surface area contributed by atoms with Crippen molar-refractivity contribution in [2.75, 3.05) is 0 Å². The largest absolute Gasteiger partial charge is 0.505 e. The molecule has 0 aliphatic heterocycles. The Bertz CT molecular complexity index is 537. The van der Waals surface area contributed by atoms with E-state index in [1.165, 1.54) is 12.3 Å². The molecule has 88 valence electrons.